The standard InChI is InChI=1S/C16H39FO5SSi3/c1-18-26(19-2,20-3)14-9-11-23-12-15-25(6,7)22-24(4,5)13-8-10-21-16-17/h8-16H2,1-7H3. The fraction of sp³-hybridized carbons (Fsp3) is 1.00. The molecular formula is C16H39FO5SSi3. The van der Waals surface area contributed by atoms with Crippen LogP contribution in [0.5, 0.6) is 0 Å². The van der Waals surface area contributed by atoms with Crippen molar-refractivity contribution in [2.24, 2.45) is 0 Å². The number of hydrogen-bond donors (Lipinski definition) is 0. The highest BCUT2D eigenvalue weighted by Crippen LogP contribution is 2.25. The monoisotopic (exact) mass is 446 g/mol. The predicted octanol–water partition coefficient (Wildman–Crippen LogP) is 4.75. The fourth-order valence-electron chi connectivity index (χ4n) is 2.87. The lowest BCUT2D eigenvalue weighted by Crippen LogP contribution is -2.44. The molecule has 0 rings (SSSR count). The molecule has 0 aromatic carbocycles. The van der Waals surface area contributed by atoms with Crippen molar-refractivity contribution >= 4 is 37.2 Å². The molecule has 0 saturated heterocycles. The second kappa shape index (κ2) is 13.8. The van der Waals surface area contributed by atoms with Crippen molar-refractivity contribution in [2.75, 3.05) is 46.3 Å². The maximum absolute atomic E-state index is 12.0. The molecule has 0 aromatic heterocycles. The van der Waals surface area contributed by atoms with Crippen molar-refractivity contribution in [1.82, 2.24) is 0 Å². The first-order valence-electron chi connectivity index (χ1n) is 9.23. The van der Waals surface area contributed by atoms with Crippen molar-refractivity contribution < 1.29 is 26.5 Å². The molecule has 0 N–H and O–H groups in total. The van der Waals surface area contributed by atoms with Crippen LogP contribution in [0.3, 0.4) is 0 Å². The third-order valence-corrected chi connectivity index (χ3v) is 15.9. The second-order valence-electron chi connectivity index (χ2n) is 7.50. The van der Waals surface area contributed by atoms with Crippen LogP contribution in [-0.2, 0) is 22.1 Å². The summed E-state index contributed by atoms with van der Waals surface area (Å²) in [5.74, 6) is 2.20. The molecular weight excluding hydrogens is 407 g/mol. The lowest BCUT2D eigenvalue weighted by molar-refractivity contribution is 0.0581. The van der Waals surface area contributed by atoms with Gasteiger partial charge in [-0.3, -0.25) is 0 Å². The second-order valence-corrected chi connectivity index (χ2v) is 20.7. The minimum atomic E-state index is -2.42. The molecule has 0 aliphatic heterocycles. The zero-order chi connectivity index (χ0) is 20.1. The fourth-order valence-corrected chi connectivity index (χ4v) is 15.7. The summed E-state index contributed by atoms with van der Waals surface area (Å²) in [6.07, 6.45) is 1.91. The maximum atomic E-state index is 12.0. The Kier molecular flexibility index (Phi) is 14.2. The van der Waals surface area contributed by atoms with Gasteiger partial charge >= 0.3 is 8.80 Å². The lowest BCUT2D eigenvalue weighted by atomic mass is 10.5. The van der Waals surface area contributed by atoms with Crippen LogP contribution in [0.2, 0.25) is 44.3 Å². The molecule has 10 heteroatoms. The van der Waals surface area contributed by atoms with E-state index in [-0.39, 0.29) is 0 Å². The molecule has 5 nitrogen and oxygen atoms in total. The molecule has 0 amide bonds. The van der Waals surface area contributed by atoms with Crippen molar-refractivity contribution in [2.45, 2.75) is 57.2 Å². The average molecular weight is 447 g/mol. The molecule has 0 atom stereocenters. The van der Waals surface area contributed by atoms with Crippen LogP contribution in [0.4, 0.5) is 4.39 Å². The topological polar surface area (TPSA) is 46.2 Å². The smallest absolute Gasteiger partial charge is 0.455 e. The zero-order valence-electron chi connectivity index (χ0n) is 17.7. The molecule has 0 unspecified atom stereocenters. The Labute approximate surface area is 167 Å². The van der Waals surface area contributed by atoms with Crippen molar-refractivity contribution in [3.63, 3.8) is 0 Å². The van der Waals surface area contributed by atoms with E-state index < -0.39 is 32.3 Å². The number of alkyl halides is 1. The Morgan fingerprint density at radius 1 is 0.769 bits per heavy atom. The number of halogens is 1. The Bertz CT molecular complexity index is 353. The molecule has 158 valence electrons. The Hall–Kier alpha value is 0.731. The normalized spacial score (nSPS) is 13.4. The van der Waals surface area contributed by atoms with Gasteiger partial charge in [0.25, 0.3) is 0 Å². The summed E-state index contributed by atoms with van der Waals surface area (Å²) >= 11 is 1.97. The first-order chi connectivity index (χ1) is 12.2. The van der Waals surface area contributed by atoms with Crippen LogP contribution in [0.15, 0.2) is 0 Å². The first-order valence-corrected chi connectivity index (χ1v) is 18.5. The summed E-state index contributed by atoms with van der Waals surface area (Å²) in [6.45, 7) is 8.92. The van der Waals surface area contributed by atoms with E-state index in [9.17, 15) is 4.39 Å². The van der Waals surface area contributed by atoms with Gasteiger partial charge in [-0.05, 0) is 62.6 Å². The quantitative estimate of drug-likeness (QED) is 0.237. The van der Waals surface area contributed by atoms with Gasteiger partial charge < -0.3 is 22.1 Å². The van der Waals surface area contributed by atoms with Gasteiger partial charge in [0.1, 0.15) is 0 Å². The Morgan fingerprint density at radius 3 is 1.88 bits per heavy atom. The maximum Gasteiger partial charge on any atom is 0.500 e. The Morgan fingerprint density at radius 2 is 1.35 bits per heavy atom. The molecule has 26 heavy (non-hydrogen) atoms. The molecule has 0 aromatic rings. The molecule has 0 bridgehead atoms. The number of hydrogen-bond acceptors (Lipinski definition) is 6. The lowest BCUT2D eigenvalue weighted by Gasteiger charge is -2.34. The third kappa shape index (κ3) is 12.2. The van der Waals surface area contributed by atoms with E-state index in [0.29, 0.717) is 6.61 Å². The number of rotatable bonds is 17. The minimum Gasteiger partial charge on any atom is -0.455 e. The molecule has 0 aliphatic rings. The van der Waals surface area contributed by atoms with Gasteiger partial charge in [0, 0.05) is 34.0 Å². The molecule has 0 aliphatic carbocycles. The Balaban J connectivity index is 4.02. The van der Waals surface area contributed by atoms with Crippen LogP contribution in [-0.4, -0.2) is 71.7 Å². The van der Waals surface area contributed by atoms with Gasteiger partial charge in [-0.25, -0.2) is 4.39 Å². The third-order valence-electron chi connectivity index (χ3n) is 4.25. The van der Waals surface area contributed by atoms with E-state index >= 15 is 0 Å². The van der Waals surface area contributed by atoms with Gasteiger partial charge in [0.15, 0.2) is 23.5 Å². The molecule has 0 spiro atoms. The number of ether oxygens (including phenoxy) is 1. The van der Waals surface area contributed by atoms with Gasteiger partial charge in [0.05, 0.1) is 0 Å². The minimum absolute atomic E-state index is 0.489. The van der Waals surface area contributed by atoms with E-state index in [1.54, 1.807) is 21.3 Å². The van der Waals surface area contributed by atoms with Gasteiger partial charge in [-0.15, -0.1) is 0 Å². The van der Waals surface area contributed by atoms with Crippen LogP contribution < -0.4 is 0 Å². The van der Waals surface area contributed by atoms with E-state index in [1.807, 2.05) is 11.8 Å². The summed E-state index contributed by atoms with van der Waals surface area (Å²) in [6, 6.07) is 3.02. The van der Waals surface area contributed by atoms with E-state index in [4.69, 9.17) is 22.1 Å². The average Bonchev–Trinajstić information content (AvgIpc) is 2.58. The summed E-state index contributed by atoms with van der Waals surface area (Å²) in [4.78, 5) is 0. The predicted molar refractivity (Wildman–Crippen MR) is 116 cm³/mol. The van der Waals surface area contributed by atoms with Crippen LogP contribution in [0.1, 0.15) is 12.8 Å². The van der Waals surface area contributed by atoms with Crippen molar-refractivity contribution in [1.29, 1.82) is 0 Å². The highest BCUT2D eigenvalue weighted by atomic mass is 32.2. The number of thioether (sulfide) groups is 1. The highest BCUT2D eigenvalue weighted by molar-refractivity contribution is 7.99. The van der Waals surface area contributed by atoms with Crippen LogP contribution in [0, 0.1) is 0 Å². The molecule has 0 saturated carbocycles. The van der Waals surface area contributed by atoms with Crippen molar-refractivity contribution in [3.8, 4) is 0 Å². The molecule has 0 radical (unpaired) electrons. The summed E-state index contributed by atoms with van der Waals surface area (Å²) in [5.41, 5.74) is 0. The largest absolute Gasteiger partial charge is 0.500 e. The van der Waals surface area contributed by atoms with Gasteiger partial charge in [-0.1, -0.05) is 0 Å². The van der Waals surface area contributed by atoms with E-state index in [1.165, 1.54) is 0 Å². The molecule has 0 fully saturated rings. The summed E-state index contributed by atoms with van der Waals surface area (Å²) in [7, 11) is -0.805. The van der Waals surface area contributed by atoms with E-state index in [0.717, 1.165) is 42.5 Å². The van der Waals surface area contributed by atoms with Crippen LogP contribution in [0.25, 0.3) is 0 Å². The molecule has 0 heterocycles. The summed E-state index contributed by atoms with van der Waals surface area (Å²) in [5, 5.41) is 0. The summed E-state index contributed by atoms with van der Waals surface area (Å²) < 4.78 is 39.7. The van der Waals surface area contributed by atoms with Crippen LogP contribution >= 0.6 is 11.8 Å². The van der Waals surface area contributed by atoms with Gasteiger partial charge in [-0.2, -0.15) is 11.8 Å². The van der Waals surface area contributed by atoms with E-state index in [2.05, 4.69) is 26.2 Å². The van der Waals surface area contributed by atoms with Crippen molar-refractivity contribution in [3.05, 3.63) is 0 Å². The van der Waals surface area contributed by atoms with Gasteiger partial charge in [0.2, 0.25) is 0 Å². The SMILES string of the molecule is CO[Si](CCCSCC[Si](C)(C)O[Si](C)(C)CCCOCF)(OC)OC. The highest BCUT2D eigenvalue weighted by Gasteiger charge is 2.37. The zero-order valence-corrected chi connectivity index (χ0v) is 21.5. The first kappa shape index (κ1) is 26.7.